The normalized spacial score (nSPS) is 18.9. The third-order valence-corrected chi connectivity index (χ3v) is 4.57. The fraction of sp³-hybridized carbons (Fsp3) is 0.294. The van der Waals surface area contributed by atoms with Gasteiger partial charge in [0, 0.05) is 19.6 Å². The molecule has 0 spiro atoms. The lowest BCUT2D eigenvalue weighted by molar-refractivity contribution is 0.0498. The Morgan fingerprint density at radius 3 is 2.57 bits per heavy atom. The Hall–Kier alpha value is -1.62. The Morgan fingerprint density at radius 2 is 1.87 bits per heavy atom. The quantitative estimate of drug-likeness (QED) is 0.778. The van der Waals surface area contributed by atoms with Crippen molar-refractivity contribution in [1.29, 1.82) is 0 Å². The molecule has 4 nitrogen and oxygen atoms in total. The summed E-state index contributed by atoms with van der Waals surface area (Å²) in [6.45, 7) is 2.26. The molecule has 23 heavy (non-hydrogen) atoms. The van der Waals surface area contributed by atoms with Crippen molar-refractivity contribution in [3.63, 3.8) is 0 Å². The zero-order chi connectivity index (χ0) is 16.4. The Kier molecular flexibility index (Phi) is 4.85. The first kappa shape index (κ1) is 16.2. The number of halogens is 2. The number of nitrogens with zero attached hydrogens (tertiary/aromatic N) is 3. The monoisotopic (exact) mass is 349 g/mol. The van der Waals surface area contributed by atoms with Gasteiger partial charge in [-0.25, -0.2) is 4.98 Å². The van der Waals surface area contributed by atoms with Crippen LogP contribution in [0.5, 0.6) is 0 Å². The van der Waals surface area contributed by atoms with Crippen molar-refractivity contribution in [2.45, 2.75) is 6.04 Å². The molecule has 1 unspecified atom stereocenters. The second kappa shape index (κ2) is 6.87. The third-order valence-electron chi connectivity index (χ3n) is 4.07. The lowest BCUT2D eigenvalue weighted by Crippen LogP contribution is -2.49. The first-order valence-corrected chi connectivity index (χ1v) is 8.18. The number of carbonyl (C=O) groups excluding carboxylic acids is 1. The maximum absolute atomic E-state index is 13.0. The number of hydrogen-bond donors (Lipinski definition) is 0. The van der Waals surface area contributed by atoms with E-state index in [1.54, 1.807) is 12.1 Å². The van der Waals surface area contributed by atoms with Crippen molar-refractivity contribution in [2.24, 2.45) is 0 Å². The van der Waals surface area contributed by atoms with Crippen LogP contribution in [-0.4, -0.2) is 47.4 Å². The van der Waals surface area contributed by atoms with E-state index in [2.05, 4.69) is 16.9 Å². The second-order valence-corrected chi connectivity index (χ2v) is 6.40. The van der Waals surface area contributed by atoms with Gasteiger partial charge in [0.25, 0.3) is 5.91 Å². The molecule has 1 amide bonds. The van der Waals surface area contributed by atoms with Gasteiger partial charge in [-0.05, 0) is 24.7 Å². The van der Waals surface area contributed by atoms with E-state index in [0.717, 1.165) is 18.7 Å². The Labute approximate surface area is 145 Å². The highest BCUT2D eigenvalue weighted by molar-refractivity contribution is 6.34. The van der Waals surface area contributed by atoms with Gasteiger partial charge in [-0.3, -0.25) is 4.79 Å². The number of aromatic nitrogens is 1. The summed E-state index contributed by atoms with van der Waals surface area (Å²) >= 11 is 11.9. The zero-order valence-electron chi connectivity index (χ0n) is 12.7. The summed E-state index contributed by atoms with van der Waals surface area (Å²) in [5, 5.41) is 0.428. The molecule has 6 heteroatoms. The van der Waals surface area contributed by atoms with Crippen LogP contribution in [-0.2, 0) is 0 Å². The van der Waals surface area contributed by atoms with Gasteiger partial charge in [-0.15, -0.1) is 0 Å². The summed E-state index contributed by atoms with van der Waals surface area (Å²) in [5.41, 5.74) is 1.51. The molecule has 2 heterocycles. The molecule has 1 aliphatic heterocycles. The number of carbonyl (C=O) groups is 1. The van der Waals surface area contributed by atoms with Crippen LogP contribution in [0.1, 0.15) is 22.0 Å². The number of likely N-dealkylation sites (N-methyl/N-ethyl adjacent to an activating group) is 1. The number of amides is 1. The SMILES string of the molecule is CN1CCN(C(=O)c2ccc(Cl)nc2Cl)C(c2ccccc2)C1. The standard InChI is InChI=1S/C17H17Cl2N3O/c1-21-9-10-22(14(11-21)12-5-3-2-4-6-12)17(23)13-7-8-15(18)20-16(13)19/h2-8,14H,9-11H2,1H3. The van der Waals surface area contributed by atoms with Crippen LogP contribution in [0.25, 0.3) is 0 Å². The molecule has 120 valence electrons. The van der Waals surface area contributed by atoms with Crippen LogP contribution in [0.15, 0.2) is 42.5 Å². The smallest absolute Gasteiger partial charge is 0.257 e. The van der Waals surface area contributed by atoms with Crippen molar-refractivity contribution < 1.29 is 4.79 Å². The van der Waals surface area contributed by atoms with Gasteiger partial charge in [0.15, 0.2) is 0 Å². The van der Waals surface area contributed by atoms with Gasteiger partial charge in [-0.2, -0.15) is 0 Å². The lowest BCUT2D eigenvalue weighted by Gasteiger charge is -2.40. The predicted octanol–water partition coefficient (Wildman–Crippen LogP) is 3.52. The van der Waals surface area contributed by atoms with E-state index in [-0.39, 0.29) is 22.3 Å². The van der Waals surface area contributed by atoms with E-state index in [4.69, 9.17) is 23.2 Å². The molecule has 0 aliphatic carbocycles. The van der Waals surface area contributed by atoms with Gasteiger partial charge in [0.1, 0.15) is 10.3 Å². The largest absolute Gasteiger partial charge is 0.329 e. The number of rotatable bonds is 2. The number of pyridine rings is 1. The summed E-state index contributed by atoms with van der Waals surface area (Å²) in [7, 11) is 2.06. The van der Waals surface area contributed by atoms with E-state index < -0.39 is 0 Å². The molecule has 0 bridgehead atoms. The van der Waals surface area contributed by atoms with E-state index in [1.165, 1.54) is 0 Å². The molecule has 3 rings (SSSR count). The average Bonchev–Trinajstić information content (AvgIpc) is 2.55. The average molecular weight is 350 g/mol. The summed E-state index contributed by atoms with van der Waals surface area (Å²) in [6, 6.07) is 13.3. The molecular weight excluding hydrogens is 333 g/mol. The van der Waals surface area contributed by atoms with E-state index in [1.807, 2.05) is 35.2 Å². The maximum Gasteiger partial charge on any atom is 0.257 e. The van der Waals surface area contributed by atoms with Crippen LogP contribution < -0.4 is 0 Å². The molecule has 1 aliphatic rings. The van der Waals surface area contributed by atoms with E-state index in [0.29, 0.717) is 12.1 Å². The van der Waals surface area contributed by atoms with Crippen LogP contribution >= 0.6 is 23.2 Å². The fourth-order valence-electron chi connectivity index (χ4n) is 2.85. The molecular formula is C17H17Cl2N3O. The van der Waals surface area contributed by atoms with Crippen LogP contribution in [0, 0.1) is 0 Å². The number of benzene rings is 1. The van der Waals surface area contributed by atoms with Crippen molar-refractivity contribution >= 4 is 29.1 Å². The number of piperazine rings is 1. The van der Waals surface area contributed by atoms with Gasteiger partial charge in [0.2, 0.25) is 0 Å². The Bertz CT molecular complexity index is 708. The second-order valence-electron chi connectivity index (χ2n) is 5.66. The summed E-state index contributed by atoms with van der Waals surface area (Å²) in [5.74, 6) is -0.110. The predicted molar refractivity (Wildman–Crippen MR) is 92.0 cm³/mol. The highest BCUT2D eigenvalue weighted by Crippen LogP contribution is 2.28. The summed E-state index contributed by atoms with van der Waals surface area (Å²) in [4.78, 5) is 21.0. The van der Waals surface area contributed by atoms with Crippen LogP contribution in [0.4, 0.5) is 0 Å². The molecule has 1 atom stereocenters. The van der Waals surface area contributed by atoms with Crippen molar-refractivity contribution in [3.05, 3.63) is 63.9 Å². The fourth-order valence-corrected chi connectivity index (χ4v) is 3.27. The molecule has 0 N–H and O–H groups in total. The highest BCUT2D eigenvalue weighted by atomic mass is 35.5. The van der Waals surface area contributed by atoms with Crippen molar-refractivity contribution in [1.82, 2.24) is 14.8 Å². The number of hydrogen-bond acceptors (Lipinski definition) is 3. The van der Waals surface area contributed by atoms with Gasteiger partial charge < -0.3 is 9.80 Å². The third kappa shape index (κ3) is 3.50. The minimum absolute atomic E-state index is 0.00538. The van der Waals surface area contributed by atoms with Crippen molar-refractivity contribution in [2.75, 3.05) is 26.7 Å². The Morgan fingerprint density at radius 1 is 1.13 bits per heavy atom. The zero-order valence-corrected chi connectivity index (χ0v) is 14.3. The van der Waals surface area contributed by atoms with Crippen molar-refractivity contribution in [3.8, 4) is 0 Å². The van der Waals surface area contributed by atoms with Gasteiger partial charge in [-0.1, -0.05) is 53.5 Å². The van der Waals surface area contributed by atoms with E-state index >= 15 is 0 Å². The summed E-state index contributed by atoms with van der Waals surface area (Å²) in [6.07, 6.45) is 0. The molecule has 0 saturated carbocycles. The molecule has 2 aromatic rings. The first-order chi connectivity index (χ1) is 11.1. The van der Waals surface area contributed by atoms with Crippen LogP contribution in [0.3, 0.4) is 0 Å². The summed E-state index contributed by atoms with van der Waals surface area (Å²) < 4.78 is 0. The molecule has 0 radical (unpaired) electrons. The molecule has 1 fully saturated rings. The topological polar surface area (TPSA) is 36.4 Å². The molecule has 1 aromatic carbocycles. The minimum Gasteiger partial charge on any atom is -0.329 e. The van der Waals surface area contributed by atoms with Crippen LogP contribution in [0.2, 0.25) is 10.3 Å². The first-order valence-electron chi connectivity index (χ1n) is 7.43. The minimum atomic E-state index is -0.110. The molecule has 1 saturated heterocycles. The maximum atomic E-state index is 13.0. The lowest BCUT2D eigenvalue weighted by atomic mass is 10.0. The van der Waals surface area contributed by atoms with Gasteiger partial charge in [0.05, 0.1) is 11.6 Å². The molecule has 1 aromatic heterocycles. The van der Waals surface area contributed by atoms with E-state index in [9.17, 15) is 4.79 Å². The highest BCUT2D eigenvalue weighted by Gasteiger charge is 2.31. The Balaban J connectivity index is 1.93. The van der Waals surface area contributed by atoms with Gasteiger partial charge >= 0.3 is 0 Å².